The molecule has 2 N–H and O–H groups in total. The molecule has 1 saturated heterocycles. The highest BCUT2D eigenvalue weighted by molar-refractivity contribution is 6.07. The van der Waals surface area contributed by atoms with Crippen molar-refractivity contribution < 1.29 is 14.5 Å². The van der Waals surface area contributed by atoms with Crippen molar-refractivity contribution in [1.29, 1.82) is 0 Å². The van der Waals surface area contributed by atoms with Crippen LogP contribution in [0.4, 0.5) is 11.4 Å². The Morgan fingerprint density at radius 3 is 2.54 bits per heavy atom. The van der Waals surface area contributed by atoms with Crippen molar-refractivity contribution >= 4 is 23.2 Å². The molecule has 0 bridgehead atoms. The highest BCUT2D eigenvalue weighted by atomic mass is 16.6. The Bertz CT molecular complexity index is 702. The third kappa shape index (κ3) is 2.13. The predicted molar refractivity (Wildman–Crippen MR) is 87.7 cm³/mol. The molecule has 8 nitrogen and oxygen atoms in total. The Hall–Kier alpha value is -2.64. The fourth-order valence-corrected chi connectivity index (χ4v) is 4.11. The molecule has 24 heavy (non-hydrogen) atoms. The molecular weight excluding hydrogens is 312 g/mol. The number of carbonyl (C=O) groups is 2. The first-order valence-electron chi connectivity index (χ1n) is 7.94. The zero-order chi connectivity index (χ0) is 17.5. The molecule has 2 aliphatic rings. The number of amides is 2. The van der Waals surface area contributed by atoms with Gasteiger partial charge in [0.15, 0.2) is 5.41 Å². The van der Waals surface area contributed by atoms with Gasteiger partial charge in [-0.2, -0.15) is 0 Å². The van der Waals surface area contributed by atoms with E-state index < -0.39 is 10.3 Å². The molecular formula is C16H20N4O4. The van der Waals surface area contributed by atoms with Crippen molar-refractivity contribution in [2.24, 2.45) is 5.41 Å². The molecule has 0 radical (unpaired) electrons. The molecule has 1 fully saturated rings. The van der Waals surface area contributed by atoms with Crippen LogP contribution in [0, 0.1) is 15.5 Å². The molecule has 0 saturated carbocycles. The van der Waals surface area contributed by atoms with E-state index >= 15 is 0 Å². The summed E-state index contributed by atoms with van der Waals surface area (Å²) >= 11 is 0. The monoisotopic (exact) mass is 332 g/mol. The van der Waals surface area contributed by atoms with Gasteiger partial charge in [0, 0.05) is 44.9 Å². The Labute approximate surface area is 139 Å². The Balaban J connectivity index is 2.19. The summed E-state index contributed by atoms with van der Waals surface area (Å²) in [4.78, 5) is 38.1. The van der Waals surface area contributed by atoms with E-state index in [1.165, 1.54) is 26.2 Å². The summed E-state index contributed by atoms with van der Waals surface area (Å²) in [5.41, 5.74) is 0.234. The van der Waals surface area contributed by atoms with E-state index in [2.05, 4.69) is 10.6 Å². The van der Waals surface area contributed by atoms with Gasteiger partial charge in [0.05, 0.1) is 11.0 Å². The van der Waals surface area contributed by atoms with E-state index in [0.717, 1.165) is 25.1 Å². The Kier molecular flexibility index (Phi) is 3.90. The van der Waals surface area contributed by atoms with Gasteiger partial charge in [-0.15, -0.1) is 0 Å². The van der Waals surface area contributed by atoms with Crippen molar-refractivity contribution in [3.8, 4) is 0 Å². The molecule has 0 aliphatic carbocycles. The number of benzene rings is 1. The van der Waals surface area contributed by atoms with Crippen molar-refractivity contribution in [1.82, 2.24) is 10.6 Å². The smallest absolute Gasteiger partial charge is 0.269 e. The second-order valence-electron chi connectivity index (χ2n) is 6.23. The summed E-state index contributed by atoms with van der Waals surface area (Å²) in [5, 5.41) is 16.3. The number of nitro benzene ring substituents is 1. The predicted octanol–water partition coefficient (Wildman–Crippen LogP) is 0.598. The molecule has 1 aromatic carbocycles. The molecule has 0 aromatic heterocycles. The number of hydrogen-bond donors (Lipinski definition) is 2. The van der Waals surface area contributed by atoms with Crippen molar-refractivity contribution in [2.45, 2.75) is 25.3 Å². The Morgan fingerprint density at radius 2 is 1.96 bits per heavy atom. The lowest BCUT2D eigenvalue weighted by Crippen LogP contribution is -2.63. The fraction of sp³-hybridized carbons (Fsp3) is 0.500. The van der Waals surface area contributed by atoms with Gasteiger partial charge in [-0.05, 0) is 24.5 Å². The number of non-ortho nitro benzene ring substituents is 1. The van der Waals surface area contributed by atoms with Crippen LogP contribution >= 0.6 is 0 Å². The quantitative estimate of drug-likeness (QED) is 0.479. The number of hydrogen-bond acceptors (Lipinski definition) is 5. The van der Waals surface area contributed by atoms with E-state index in [-0.39, 0.29) is 30.0 Å². The van der Waals surface area contributed by atoms with E-state index in [1.807, 2.05) is 4.90 Å². The number of carbonyl (C=O) groups excluding carboxylic acids is 2. The van der Waals surface area contributed by atoms with Gasteiger partial charge in [0.1, 0.15) is 0 Å². The molecule has 0 spiro atoms. The first-order valence-corrected chi connectivity index (χ1v) is 7.94. The van der Waals surface area contributed by atoms with Crippen LogP contribution in [-0.4, -0.2) is 43.4 Å². The molecule has 2 aliphatic heterocycles. The summed E-state index contributed by atoms with van der Waals surface area (Å²) in [6.45, 7) is 0.727. The number of fused-ring (bicyclic) bond motifs is 3. The average molecular weight is 332 g/mol. The van der Waals surface area contributed by atoms with Gasteiger partial charge in [0.25, 0.3) is 5.69 Å². The van der Waals surface area contributed by atoms with E-state index in [1.54, 1.807) is 6.07 Å². The van der Waals surface area contributed by atoms with Gasteiger partial charge in [0.2, 0.25) is 11.8 Å². The molecule has 1 aromatic rings. The topological polar surface area (TPSA) is 105 Å². The molecule has 1 atom stereocenters. The standard InChI is InChI=1S/C16H20N4O4/c1-17-14(21)16(15(22)18-2)9-10-8-11(20(23)24)5-6-12(10)19-7-3-4-13(16)19/h5-6,8,13H,3-4,7,9H2,1-2H3,(H,17,21)(H,18,22)/t13-/m1/s1. The number of nitrogens with one attached hydrogen (secondary N) is 2. The van der Waals surface area contributed by atoms with E-state index in [4.69, 9.17) is 0 Å². The van der Waals surface area contributed by atoms with Crippen molar-refractivity contribution in [3.63, 3.8) is 0 Å². The van der Waals surface area contributed by atoms with Crippen LogP contribution in [0.3, 0.4) is 0 Å². The minimum Gasteiger partial charge on any atom is -0.367 e. The fourth-order valence-electron chi connectivity index (χ4n) is 4.11. The van der Waals surface area contributed by atoms with Gasteiger partial charge >= 0.3 is 0 Å². The molecule has 0 unspecified atom stereocenters. The molecule has 2 heterocycles. The average Bonchev–Trinajstić information content (AvgIpc) is 3.09. The SMILES string of the molecule is CNC(=O)C1(C(=O)NC)Cc2cc([N+](=O)[O-])ccc2N2CCC[C@@H]21. The number of nitrogens with zero attached hydrogens (tertiary/aromatic N) is 2. The van der Waals surface area contributed by atoms with Crippen molar-refractivity contribution in [3.05, 3.63) is 33.9 Å². The number of nitro groups is 1. The van der Waals surface area contributed by atoms with Gasteiger partial charge < -0.3 is 15.5 Å². The lowest BCUT2D eigenvalue weighted by molar-refractivity contribution is -0.384. The third-order valence-electron chi connectivity index (χ3n) is 5.14. The zero-order valence-corrected chi connectivity index (χ0v) is 13.7. The van der Waals surface area contributed by atoms with Crippen LogP contribution in [0.1, 0.15) is 18.4 Å². The summed E-state index contributed by atoms with van der Waals surface area (Å²) < 4.78 is 0. The highest BCUT2D eigenvalue weighted by Gasteiger charge is 2.57. The van der Waals surface area contributed by atoms with Gasteiger partial charge in [-0.1, -0.05) is 0 Å². The maximum absolute atomic E-state index is 12.7. The van der Waals surface area contributed by atoms with E-state index in [0.29, 0.717) is 5.56 Å². The molecule has 8 heteroatoms. The summed E-state index contributed by atoms with van der Waals surface area (Å²) in [5.74, 6) is -0.702. The molecule has 3 rings (SSSR count). The first kappa shape index (κ1) is 16.2. The summed E-state index contributed by atoms with van der Waals surface area (Å²) in [6, 6.07) is 4.43. The Morgan fingerprint density at radius 1 is 1.29 bits per heavy atom. The van der Waals surface area contributed by atoms with E-state index in [9.17, 15) is 19.7 Å². The van der Waals surface area contributed by atoms with Crippen LogP contribution in [-0.2, 0) is 16.0 Å². The largest absolute Gasteiger partial charge is 0.367 e. The maximum Gasteiger partial charge on any atom is 0.269 e. The van der Waals surface area contributed by atoms with Crippen LogP contribution in [0.2, 0.25) is 0 Å². The number of anilines is 1. The van der Waals surface area contributed by atoms with Crippen LogP contribution in [0.25, 0.3) is 0 Å². The van der Waals surface area contributed by atoms with Crippen LogP contribution in [0.5, 0.6) is 0 Å². The first-order chi connectivity index (χ1) is 11.5. The summed E-state index contributed by atoms with van der Waals surface area (Å²) in [6.07, 6.45) is 1.76. The summed E-state index contributed by atoms with van der Waals surface area (Å²) in [7, 11) is 3.02. The molecule has 128 valence electrons. The maximum atomic E-state index is 12.7. The second kappa shape index (κ2) is 5.77. The van der Waals surface area contributed by atoms with Crippen LogP contribution < -0.4 is 15.5 Å². The zero-order valence-electron chi connectivity index (χ0n) is 13.7. The second-order valence-corrected chi connectivity index (χ2v) is 6.23. The van der Waals surface area contributed by atoms with Gasteiger partial charge in [-0.3, -0.25) is 19.7 Å². The number of rotatable bonds is 3. The molecule has 2 amide bonds. The van der Waals surface area contributed by atoms with Crippen LogP contribution in [0.15, 0.2) is 18.2 Å². The lowest BCUT2D eigenvalue weighted by Gasteiger charge is -2.45. The minimum atomic E-state index is -1.28. The minimum absolute atomic E-state index is 0.0332. The van der Waals surface area contributed by atoms with Crippen molar-refractivity contribution in [2.75, 3.05) is 25.5 Å². The third-order valence-corrected chi connectivity index (χ3v) is 5.14. The lowest BCUT2D eigenvalue weighted by atomic mass is 9.69. The highest BCUT2D eigenvalue weighted by Crippen LogP contribution is 2.47. The van der Waals surface area contributed by atoms with Gasteiger partial charge in [-0.25, -0.2) is 0 Å². The normalized spacial score (nSPS) is 20.8.